The average molecular weight is 415 g/mol. The molecule has 0 amide bonds. The van der Waals surface area contributed by atoms with Gasteiger partial charge in [0.05, 0.1) is 18.7 Å². The van der Waals surface area contributed by atoms with Gasteiger partial charge in [0.2, 0.25) is 0 Å². The third kappa shape index (κ3) is 5.22. The fourth-order valence-corrected chi connectivity index (χ4v) is 3.38. The van der Waals surface area contributed by atoms with Crippen LogP contribution in [0, 0.1) is 0 Å². The summed E-state index contributed by atoms with van der Waals surface area (Å²) in [6.45, 7) is 10.2. The minimum atomic E-state index is -0.252. The summed E-state index contributed by atoms with van der Waals surface area (Å²) in [6.07, 6.45) is 0.594. The highest BCUT2D eigenvalue weighted by molar-refractivity contribution is 5.80. The van der Waals surface area contributed by atoms with Crippen LogP contribution in [0.1, 0.15) is 45.5 Å². The fraction of sp³-hybridized carbons (Fsp3) is 0.524. The van der Waals surface area contributed by atoms with Crippen molar-refractivity contribution in [3.8, 4) is 5.75 Å². The molecule has 0 atom stereocenters. The van der Waals surface area contributed by atoms with E-state index < -0.39 is 0 Å². The number of hydrogen-bond acceptors (Lipinski definition) is 7. The lowest BCUT2D eigenvalue weighted by molar-refractivity contribution is 0.200. The summed E-state index contributed by atoms with van der Waals surface area (Å²) in [6, 6.07) is 7.53. The number of fused-ring (bicyclic) bond motifs is 1. The number of H-pyrrole nitrogens is 1. The number of aromatic amines is 1. The predicted octanol–water partition coefficient (Wildman–Crippen LogP) is 2.05. The average Bonchev–Trinajstić information content (AvgIpc) is 3.16. The van der Waals surface area contributed by atoms with E-state index in [4.69, 9.17) is 4.74 Å². The lowest BCUT2D eigenvalue weighted by Crippen LogP contribution is -2.32. The standard InChI is InChI=1S/C21H30N6O3/c1-5-30-17-7-8-18-15(12-17)11-16(20(29)22-18)13-26(9-6-10-28)14-19-23-24-25-27(19)21(2,3)4/h7-8,11-12,28H,5-6,9-10,13-14H2,1-4H3,(H,22,29). The SMILES string of the molecule is CCOc1ccc2[nH]c(=O)c(CN(CCCO)Cc3nnnn3C(C)(C)C)cc2c1. The van der Waals surface area contributed by atoms with Crippen LogP contribution < -0.4 is 10.3 Å². The largest absolute Gasteiger partial charge is 0.494 e. The van der Waals surface area contributed by atoms with Crippen LogP contribution in [-0.4, -0.2) is 55.0 Å². The van der Waals surface area contributed by atoms with Gasteiger partial charge in [-0.2, -0.15) is 0 Å². The molecule has 162 valence electrons. The van der Waals surface area contributed by atoms with Crippen LogP contribution in [-0.2, 0) is 18.6 Å². The van der Waals surface area contributed by atoms with Gasteiger partial charge in [0.15, 0.2) is 5.82 Å². The van der Waals surface area contributed by atoms with Gasteiger partial charge in [0.25, 0.3) is 5.56 Å². The topological polar surface area (TPSA) is 109 Å². The number of ether oxygens (including phenoxy) is 1. The highest BCUT2D eigenvalue weighted by atomic mass is 16.5. The molecule has 0 saturated carbocycles. The maximum Gasteiger partial charge on any atom is 0.252 e. The molecular weight excluding hydrogens is 384 g/mol. The van der Waals surface area contributed by atoms with Crippen LogP contribution >= 0.6 is 0 Å². The highest BCUT2D eigenvalue weighted by Crippen LogP contribution is 2.20. The van der Waals surface area contributed by atoms with Gasteiger partial charge in [-0.05, 0) is 68.8 Å². The number of aromatic nitrogens is 5. The highest BCUT2D eigenvalue weighted by Gasteiger charge is 2.22. The third-order valence-corrected chi connectivity index (χ3v) is 4.76. The second-order valence-electron chi connectivity index (χ2n) is 8.27. The summed E-state index contributed by atoms with van der Waals surface area (Å²) in [5, 5.41) is 22.3. The first-order valence-electron chi connectivity index (χ1n) is 10.2. The molecule has 0 aliphatic carbocycles. The van der Waals surface area contributed by atoms with E-state index in [2.05, 4.69) is 25.4 Å². The molecule has 0 bridgehead atoms. The molecule has 9 nitrogen and oxygen atoms in total. The van der Waals surface area contributed by atoms with Gasteiger partial charge in [0, 0.05) is 36.2 Å². The molecule has 2 N–H and O–H groups in total. The van der Waals surface area contributed by atoms with Gasteiger partial charge >= 0.3 is 0 Å². The molecular formula is C21H30N6O3. The normalized spacial score (nSPS) is 12.1. The van der Waals surface area contributed by atoms with Crippen LogP contribution in [0.2, 0.25) is 0 Å². The van der Waals surface area contributed by atoms with E-state index in [-0.39, 0.29) is 17.7 Å². The Morgan fingerprint density at radius 1 is 1.23 bits per heavy atom. The Labute approximate surface area is 175 Å². The van der Waals surface area contributed by atoms with E-state index in [1.54, 1.807) is 4.68 Å². The van der Waals surface area contributed by atoms with Crippen LogP contribution in [0.25, 0.3) is 10.9 Å². The van der Waals surface area contributed by atoms with Crippen molar-refractivity contribution in [2.45, 2.75) is 52.7 Å². The number of aliphatic hydroxyl groups is 1. The van der Waals surface area contributed by atoms with Gasteiger partial charge in [0.1, 0.15) is 5.75 Å². The van der Waals surface area contributed by atoms with E-state index in [0.717, 1.165) is 22.5 Å². The number of tetrazole rings is 1. The van der Waals surface area contributed by atoms with Gasteiger partial charge in [-0.25, -0.2) is 4.68 Å². The Kier molecular flexibility index (Phi) is 6.84. The van der Waals surface area contributed by atoms with E-state index in [1.165, 1.54) is 0 Å². The number of pyridine rings is 1. The molecule has 0 spiro atoms. The van der Waals surface area contributed by atoms with Crippen molar-refractivity contribution in [1.82, 2.24) is 30.1 Å². The number of benzene rings is 1. The van der Waals surface area contributed by atoms with E-state index in [9.17, 15) is 9.90 Å². The van der Waals surface area contributed by atoms with Crippen molar-refractivity contribution in [3.05, 3.63) is 46.0 Å². The molecule has 2 heterocycles. The van der Waals surface area contributed by atoms with Crippen molar-refractivity contribution in [2.24, 2.45) is 0 Å². The van der Waals surface area contributed by atoms with E-state index >= 15 is 0 Å². The van der Waals surface area contributed by atoms with Crippen LogP contribution in [0.4, 0.5) is 0 Å². The van der Waals surface area contributed by atoms with E-state index in [0.29, 0.717) is 38.2 Å². The molecule has 0 aliphatic rings. The first-order chi connectivity index (χ1) is 14.3. The van der Waals surface area contributed by atoms with Crippen LogP contribution in [0.3, 0.4) is 0 Å². The lowest BCUT2D eigenvalue weighted by atomic mass is 10.1. The number of aliphatic hydroxyl groups excluding tert-OH is 1. The molecule has 1 aromatic carbocycles. The molecule has 0 fully saturated rings. The van der Waals surface area contributed by atoms with Crippen molar-refractivity contribution in [2.75, 3.05) is 19.8 Å². The van der Waals surface area contributed by atoms with Gasteiger partial charge in [-0.1, -0.05) is 0 Å². The molecule has 0 radical (unpaired) electrons. The predicted molar refractivity (Wildman–Crippen MR) is 114 cm³/mol. The summed E-state index contributed by atoms with van der Waals surface area (Å²) in [5.74, 6) is 1.49. The summed E-state index contributed by atoms with van der Waals surface area (Å²) in [4.78, 5) is 17.7. The molecule has 9 heteroatoms. The monoisotopic (exact) mass is 414 g/mol. The maximum absolute atomic E-state index is 12.7. The number of nitrogens with zero attached hydrogens (tertiary/aromatic N) is 5. The quantitative estimate of drug-likeness (QED) is 0.551. The van der Waals surface area contributed by atoms with Gasteiger partial charge in [-0.15, -0.1) is 5.10 Å². The van der Waals surface area contributed by atoms with Crippen molar-refractivity contribution in [1.29, 1.82) is 0 Å². The summed E-state index contributed by atoms with van der Waals surface area (Å²) in [5.41, 5.74) is 1.03. The van der Waals surface area contributed by atoms with Crippen molar-refractivity contribution in [3.63, 3.8) is 0 Å². The lowest BCUT2D eigenvalue weighted by Gasteiger charge is -2.24. The summed E-state index contributed by atoms with van der Waals surface area (Å²) < 4.78 is 7.37. The molecule has 0 unspecified atom stereocenters. The molecule has 30 heavy (non-hydrogen) atoms. The Morgan fingerprint density at radius 2 is 2.03 bits per heavy atom. The maximum atomic E-state index is 12.7. The zero-order valence-electron chi connectivity index (χ0n) is 18.1. The van der Waals surface area contributed by atoms with Crippen LogP contribution in [0.5, 0.6) is 5.75 Å². The molecule has 3 rings (SSSR count). The van der Waals surface area contributed by atoms with Gasteiger partial charge in [-0.3, -0.25) is 9.69 Å². The zero-order chi connectivity index (χ0) is 21.7. The minimum absolute atomic E-state index is 0.0759. The first kappa shape index (κ1) is 21.9. The third-order valence-electron chi connectivity index (χ3n) is 4.76. The second kappa shape index (κ2) is 9.36. The van der Waals surface area contributed by atoms with E-state index in [1.807, 2.05) is 52.0 Å². The number of nitrogens with one attached hydrogen (secondary N) is 1. The second-order valence-corrected chi connectivity index (χ2v) is 8.27. The minimum Gasteiger partial charge on any atom is -0.494 e. The van der Waals surface area contributed by atoms with Gasteiger partial charge < -0.3 is 14.8 Å². The zero-order valence-corrected chi connectivity index (χ0v) is 18.1. The Balaban J connectivity index is 1.89. The smallest absolute Gasteiger partial charge is 0.252 e. The molecule has 0 saturated heterocycles. The fourth-order valence-electron chi connectivity index (χ4n) is 3.38. The van der Waals surface area contributed by atoms with Crippen molar-refractivity contribution >= 4 is 10.9 Å². The Bertz CT molecular complexity index is 1040. The molecule has 2 aromatic heterocycles. The summed E-state index contributed by atoms with van der Waals surface area (Å²) in [7, 11) is 0. The van der Waals surface area contributed by atoms with Crippen LogP contribution in [0.15, 0.2) is 29.1 Å². The molecule has 3 aromatic rings. The molecule has 0 aliphatic heterocycles. The number of hydrogen-bond donors (Lipinski definition) is 2. The number of rotatable bonds is 9. The Morgan fingerprint density at radius 3 is 2.73 bits per heavy atom. The first-order valence-corrected chi connectivity index (χ1v) is 10.2. The van der Waals surface area contributed by atoms with Crippen molar-refractivity contribution < 1.29 is 9.84 Å². The summed E-state index contributed by atoms with van der Waals surface area (Å²) >= 11 is 0. The Hall–Kier alpha value is -2.78.